The lowest BCUT2D eigenvalue weighted by Crippen LogP contribution is -2.40. The van der Waals surface area contributed by atoms with Gasteiger partial charge in [0.2, 0.25) is 6.10 Å². The van der Waals surface area contributed by atoms with E-state index in [4.69, 9.17) is 9.47 Å². The van der Waals surface area contributed by atoms with E-state index in [1.54, 1.807) is 37.3 Å². The van der Waals surface area contributed by atoms with Gasteiger partial charge in [-0.3, -0.25) is 9.59 Å². The topological polar surface area (TPSA) is 119 Å². The van der Waals surface area contributed by atoms with Crippen LogP contribution in [0.1, 0.15) is 26.2 Å². The quantitative estimate of drug-likeness (QED) is 0.311. The number of aliphatic hydroxyl groups excluding tert-OH is 2. The Balaban J connectivity index is 2.51. The second kappa shape index (κ2) is 11.4. The molecule has 0 saturated heterocycles. The van der Waals surface area contributed by atoms with Gasteiger partial charge in [0.25, 0.3) is 0 Å². The number of benzene rings is 1. The van der Waals surface area contributed by atoms with Crippen molar-refractivity contribution in [3.63, 3.8) is 0 Å². The third-order valence-electron chi connectivity index (χ3n) is 3.85. The van der Waals surface area contributed by atoms with Crippen molar-refractivity contribution >= 4 is 17.7 Å². The molecule has 1 atom stereocenters. The smallest absolute Gasteiger partial charge is 0.342 e. The zero-order chi connectivity index (χ0) is 20.3. The van der Waals surface area contributed by atoms with E-state index in [2.05, 4.69) is 4.74 Å². The number of esters is 2. The van der Waals surface area contributed by atoms with Crippen LogP contribution in [0.4, 0.5) is 0 Å². The van der Waals surface area contributed by atoms with Crippen molar-refractivity contribution in [2.24, 2.45) is 5.41 Å². The molecule has 0 radical (unpaired) electrons. The average Bonchev–Trinajstić information content (AvgIpc) is 2.68. The van der Waals surface area contributed by atoms with Crippen LogP contribution in [0.3, 0.4) is 0 Å². The van der Waals surface area contributed by atoms with E-state index in [9.17, 15) is 24.6 Å². The van der Waals surface area contributed by atoms with Gasteiger partial charge >= 0.3 is 11.9 Å². The fraction of sp³-hybridized carbons (Fsp3) is 0.526. The zero-order valence-corrected chi connectivity index (χ0v) is 15.6. The SMILES string of the molecule is COC(=O)C(OCC(C)(CO)CO)C(=O)CCCC(=O)Oc1ccccc1. The van der Waals surface area contributed by atoms with Gasteiger partial charge in [-0.1, -0.05) is 25.1 Å². The van der Waals surface area contributed by atoms with E-state index in [0.717, 1.165) is 7.11 Å². The van der Waals surface area contributed by atoms with E-state index < -0.39 is 29.2 Å². The predicted molar refractivity (Wildman–Crippen MR) is 95.0 cm³/mol. The van der Waals surface area contributed by atoms with E-state index in [0.29, 0.717) is 5.75 Å². The van der Waals surface area contributed by atoms with Gasteiger partial charge in [-0.05, 0) is 18.6 Å². The fourth-order valence-electron chi connectivity index (χ4n) is 2.03. The summed E-state index contributed by atoms with van der Waals surface area (Å²) >= 11 is 0. The molecule has 1 aromatic rings. The van der Waals surface area contributed by atoms with Gasteiger partial charge in [0.05, 0.1) is 26.9 Å². The van der Waals surface area contributed by atoms with Crippen molar-refractivity contribution in [2.45, 2.75) is 32.3 Å². The lowest BCUT2D eigenvalue weighted by molar-refractivity contribution is -0.163. The van der Waals surface area contributed by atoms with Gasteiger partial charge in [0, 0.05) is 18.3 Å². The molecule has 1 rings (SSSR count). The number of methoxy groups -OCH3 is 1. The van der Waals surface area contributed by atoms with Gasteiger partial charge < -0.3 is 24.4 Å². The number of hydrogen-bond acceptors (Lipinski definition) is 8. The molecule has 0 aliphatic heterocycles. The van der Waals surface area contributed by atoms with E-state index >= 15 is 0 Å². The second-order valence-electron chi connectivity index (χ2n) is 6.45. The van der Waals surface area contributed by atoms with Crippen molar-refractivity contribution < 1.29 is 38.8 Å². The first-order valence-corrected chi connectivity index (χ1v) is 8.55. The maximum atomic E-state index is 12.3. The summed E-state index contributed by atoms with van der Waals surface area (Å²) in [5, 5.41) is 18.5. The highest BCUT2D eigenvalue weighted by Gasteiger charge is 2.32. The summed E-state index contributed by atoms with van der Waals surface area (Å²) in [6.07, 6.45) is -1.38. The van der Waals surface area contributed by atoms with E-state index in [1.807, 2.05) is 0 Å². The Hall–Kier alpha value is -2.29. The third-order valence-corrected chi connectivity index (χ3v) is 3.85. The summed E-state index contributed by atoms with van der Waals surface area (Å²) in [6.45, 7) is 0.584. The van der Waals surface area contributed by atoms with Crippen LogP contribution in [0.25, 0.3) is 0 Å². The summed E-state index contributed by atoms with van der Waals surface area (Å²) in [6, 6.07) is 8.54. The van der Waals surface area contributed by atoms with Crippen LogP contribution in [-0.2, 0) is 23.9 Å². The normalized spacial score (nSPS) is 12.3. The molecule has 0 saturated carbocycles. The summed E-state index contributed by atoms with van der Waals surface area (Å²) in [5.74, 6) is -1.49. The number of carbonyl (C=O) groups excluding carboxylic acids is 3. The molecule has 0 aromatic heterocycles. The molecule has 8 nitrogen and oxygen atoms in total. The zero-order valence-electron chi connectivity index (χ0n) is 15.6. The van der Waals surface area contributed by atoms with Crippen molar-refractivity contribution in [2.75, 3.05) is 26.9 Å². The number of carbonyl (C=O) groups is 3. The van der Waals surface area contributed by atoms with Gasteiger partial charge in [-0.25, -0.2) is 4.79 Å². The minimum Gasteiger partial charge on any atom is -0.467 e. The largest absolute Gasteiger partial charge is 0.467 e. The lowest BCUT2D eigenvalue weighted by atomic mass is 9.94. The highest BCUT2D eigenvalue weighted by Crippen LogP contribution is 2.17. The van der Waals surface area contributed by atoms with Crippen molar-refractivity contribution in [1.29, 1.82) is 0 Å². The molecule has 0 bridgehead atoms. The summed E-state index contributed by atoms with van der Waals surface area (Å²) in [4.78, 5) is 35.9. The first kappa shape index (κ1) is 22.8. The van der Waals surface area contributed by atoms with Crippen LogP contribution in [-0.4, -0.2) is 61.0 Å². The van der Waals surface area contributed by atoms with Crippen molar-refractivity contribution in [1.82, 2.24) is 0 Å². The first-order valence-electron chi connectivity index (χ1n) is 8.55. The number of para-hydroxylation sites is 1. The Labute approximate surface area is 158 Å². The third kappa shape index (κ3) is 7.86. The van der Waals surface area contributed by atoms with Crippen LogP contribution in [0.2, 0.25) is 0 Å². The van der Waals surface area contributed by atoms with Crippen LogP contribution in [0, 0.1) is 5.41 Å². The molecule has 8 heteroatoms. The molecule has 0 spiro atoms. The molecule has 150 valence electrons. The number of rotatable bonds is 12. The summed E-state index contributed by atoms with van der Waals surface area (Å²) in [7, 11) is 1.13. The fourth-order valence-corrected chi connectivity index (χ4v) is 2.03. The molecule has 27 heavy (non-hydrogen) atoms. The van der Waals surface area contributed by atoms with Crippen LogP contribution in [0.15, 0.2) is 30.3 Å². The standard InChI is InChI=1S/C19H26O8/c1-19(11-20,12-21)13-26-17(18(24)25-2)15(22)9-6-10-16(23)27-14-7-4-3-5-8-14/h3-5,7-8,17,20-21H,6,9-13H2,1-2H3. The number of ether oxygens (including phenoxy) is 3. The van der Waals surface area contributed by atoms with E-state index in [-0.39, 0.29) is 39.1 Å². The van der Waals surface area contributed by atoms with E-state index in [1.165, 1.54) is 0 Å². The Bertz CT molecular complexity index is 609. The summed E-state index contributed by atoms with van der Waals surface area (Å²) < 4.78 is 15.0. The number of hydrogen-bond donors (Lipinski definition) is 2. The first-order chi connectivity index (χ1) is 12.8. The van der Waals surface area contributed by atoms with Gasteiger partial charge in [-0.15, -0.1) is 0 Å². The molecule has 0 amide bonds. The Morgan fingerprint density at radius 3 is 2.26 bits per heavy atom. The predicted octanol–water partition coefficient (Wildman–Crippen LogP) is 0.880. The van der Waals surface area contributed by atoms with Crippen molar-refractivity contribution in [3.05, 3.63) is 30.3 Å². The molecular weight excluding hydrogens is 356 g/mol. The molecule has 0 fully saturated rings. The second-order valence-corrected chi connectivity index (χ2v) is 6.45. The van der Waals surface area contributed by atoms with Crippen LogP contribution in [0.5, 0.6) is 5.75 Å². The molecule has 0 aliphatic carbocycles. The number of aliphatic hydroxyl groups is 2. The minimum atomic E-state index is -1.47. The monoisotopic (exact) mass is 382 g/mol. The van der Waals surface area contributed by atoms with Crippen LogP contribution >= 0.6 is 0 Å². The maximum absolute atomic E-state index is 12.3. The Kier molecular flexibility index (Phi) is 9.63. The van der Waals surface area contributed by atoms with Gasteiger partial charge in [0.1, 0.15) is 5.75 Å². The van der Waals surface area contributed by atoms with Gasteiger partial charge in [0.15, 0.2) is 5.78 Å². The van der Waals surface area contributed by atoms with Gasteiger partial charge in [-0.2, -0.15) is 0 Å². The number of ketones is 1. The molecule has 0 heterocycles. The number of Topliss-reactive ketones (excluding diaryl/α,β-unsaturated/α-hetero) is 1. The minimum absolute atomic E-state index is 0.000474. The lowest BCUT2D eigenvalue weighted by Gasteiger charge is -2.26. The average molecular weight is 382 g/mol. The maximum Gasteiger partial charge on any atom is 0.342 e. The molecule has 2 N–H and O–H groups in total. The van der Waals surface area contributed by atoms with Crippen LogP contribution < -0.4 is 4.74 Å². The molecule has 0 aliphatic rings. The summed E-state index contributed by atoms with van der Waals surface area (Å²) in [5.41, 5.74) is -0.994. The highest BCUT2D eigenvalue weighted by molar-refractivity contribution is 6.02. The molecular formula is C19H26O8. The van der Waals surface area contributed by atoms with Crippen molar-refractivity contribution in [3.8, 4) is 5.75 Å². The Morgan fingerprint density at radius 2 is 1.70 bits per heavy atom. The highest BCUT2D eigenvalue weighted by atomic mass is 16.6. The molecule has 1 unspecified atom stereocenters. The Morgan fingerprint density at radius 1 is 1.07 bits per heavy atom. The molecule has 1 aromatic carbocycles.